The summed E-state index contributed by atoms with van der Waals surface area (Å²) in [5.74, 6) is 0.874. The Balaban J connectivity index is 2.59. The summed E-state index contributed by atoms with van der Waals surface area (Å²) in [5.41, 5.74) is 8.58. The van der Waals surface area contributed by atoms with E-state index in [0.717, 1.165) is 16.7 Å². The predicted molar refractivity (Wildman–Crippen MR) is 81.3 cm³/mol. The molecule has 2 heteroatoms. The zero-order valence-corrected chi connectivity index (χ0v) is 12.9. The fraction of sp³-hybridized carbons (Fsp3) is 0.529. The molecule has 2 rings (SSSR count). The number of hydrogen-bond donors (Lipinski definition) is 1. The van der Waals surface area contributed by atoms with Gasteiger partial charge in [-0.05, 0) is 16.9 Å². The van der Waals surface area contributed by atoms with Gasteiger partial charge in [0.05, 0.1) is 6.04 Å². The van der Waals surface area contributed by atoms with E-state index in [1.807, 2.05) is 0 Å². The van der Waals surface area contributed by atoms with Gasteiger partial charge in [0.1, 0.15) is 11.3 Å². The summed E-state index contributed by atoms with van der Waals surface area (Å²) in [4.78, 5) is 0. The largest absolute Gasteiger partial charge is 0.459 e. The highest BCUT2D eigenvalue weighted by Gasteiger charge is 2.27. The zero-order chi connectivity index (χ0) is 14.4. The van der Waals surface area contributed by atoms with E-state index in [0.29, 0.717) is 0 Å². The Morgan fingerprint density at radius 1 is 1.05 bits per heavy atom. The fourth-order valence-electron chi connectivity index (χ4n) is 2.25. The molecule has 1 aromatic carbocycles. The molecular formula is C17H25NO. The van der Waals surface area contributed by atoms with E-state index in [2.05, 4.69) is 65.8 Å². The molecule has 1 heterocycles. The minimum Gasteiger partial charge on any atom is -0.459 e. The first-order chi connectivity index (χ1) is 8.60. The molecule has 0 aliphatic rings. The van der Waals surface area contributed by atoms with Crippen LogP contribution >= 0.6 is 0 Å². The van der Waals surface area contributed by atoms with Crippen molar-refractivity contribution in [3.05, 3.63) is 35.6 Å². The molecule has 0 bridgehead atoms. The third-order valence-corrected chi connectivity index (χ3v) is 3.61. The van der Waals surface area contributed by atoms with E-state index >= 15 is 0 Å². The van der Waals surface area contributed by atoms with Crippen LogP contribution in [0.1, 0.15) is 58.9 Å². The standard InChI is InChI=1S/C17H25NO/c1-16(2,3)12-9-7-8-11-10-13(19-14(11)12)15(18)17(4,5)6/h7-10,15H,18H2,1-6H3. The van der Waals surface area contributed by atoms with Crippen LogP contribution in [0.25, 0.3) is 11.0 Å². The Hall–Kier alpha value is -1.28. The Labute approximate surface area is 116 Å². The Bertz CT molecular complexity index is 581. The van der Waals surface area contributed by atoms with Crippen molar-refractivity contribution < 1.29 is 4.42 Å². The van der Waals surface area contributed by atoms with Crippen molar-refractivity contribution in [2.24, 2.45) is 11.1 Å². The summed E-state index contributed by atoms with van der Waals surface area (Å²) in [7, 11) is 0. The lowest BCUT2D eigenvalue weighted by Crippen LogP contribution is -2.25. The molecule has 1 unspecified atom stereocenters. The van der Waals surface area contributed by atoms with E-state index in [4.69, 9.17) is 10.2 Å². The van der Waals surface area contributed by atoms with Crippen LogP contribution in [-0.4, -0.2) is 0 Å². The van der Waals surface area contributed by atoms with Crippen LogP contribution < -0.4 is 5.73 Å². The number of benzene rings is 1. The van der Waals surface area contributed by atoms with Gasteiger partial charge < -0.3 is 10.2 Å². The molecular weight excluding hydrogens is 234 g/mol. The summed E-state index contributed by atoms with van der Waals surface area (Å²) < 4.78 is 6.09. The van der Waals surface area contributed by atoms with Crippen LogP contribution in [0.5, 0.6) is 0 Å². The molecule has 19 heavy (non-hydrogen) atoms. The second-order valence-corrected chi connectivity index (χ2v) is 7.47. The van der Waals surface area contributed by atoms with Crippen molar-refractivity contribution in [3.63, 3.8) is 0 Å². The molecule has 2 nitrogen and oxygen atoms in total. The van der Waals surface area contributed by atoms with E-state index in [-0.39, 0.29) is 16.9 Å². The molecule has 0 aliphatic heterocycles. The highest BCUT2D eigenvalue weighted by atomic mass is 16.3. The number of hydrogen-bond acceptors (Lipinski definition) is 2. The molecule has 1 atom stereocenters. The van der Waals surface area contributed by atoms with Crippen LogP contribution in [0.15, 0.2) is 28.7 Å². The third-order valence-electron chi connectivity index (χ3n) is 3.61. The van der Waals surface area contributed by atoms with Crippen molar-refractivity contribution >= 4 is 11.0 Å². The fourth-order valence-corrected chi connectivity index (χ4v) is 2.25. The highest BCUT2D eigenvalue weighted by Crippen LogP contribution is 2.37. The number of furan rings is 1. The van der Waals surface area contributed by atoms with Gasteiger partial charge in [-0.25, -0.2) is 0 Å². The topological polar surface area (TPSA) is 39.2 Å². The van der Waals surface area contributed by atoms with Crippen LogP contribution in [0.3, 0.4) is 0 Å². The quantitative estimate of drug-likeness (QED) is 0.800. The summed E-state index contributed by atoms with van der Waals surface area (Å²) in [5, 5.41) is 1.14. The predicted octanol–water partition coefficient (Wildman–Crippen LogP) is 4.78. The maximum absolute atomic E-state index is 6.30. The molecule has 0 radical (unpaired) electrons. The summed E-state index contributed by atoms with van der Waals surface area (Å²) >= 11 is 0. The van der Waals surface area contributed by atoms with E-state index in [1.54, 1.807) is 0 Å². The maximum Gasteiger partial charge on any atom is 0.138 e. The Morgan fingerprint density at radius 3 is 2.21 bits per heavy atom. The zero-order valence-electron chi connectivity index (χ0n) is 12.9. The van der Waals surface area contributed by atoms with Crippen molar-refractivity contribution in [2.75, 3.05) is 0 Å². The first-order valence-corrected chi connectivity index (χ1v) is 6.89. The van der Waals surface area contributed by atoms with Gasteiger partial charge in [0.25, 0.3) is 0 Å². The normalized spacial score (nSPS) is 14.9. The van der Waals surface area contributed by atoms with Gasteiger partial charge in [0, 0.05) is 10.9 Å². The smallest absolute Gasteiger partial charge is 0.138 e. The molecule has 2 aromatic rings. The molecule has 0 amide bonds. The monoisotopic (exact) mass is 259 g/mol. The average molecular weight is 259 g/mol. The molecule has 1 aromatic heterocycles. The van der Waals surface area contributed by atoms with Gasteiger partial charge in [-0.2, -0.15) is 0 Å². The molecule has 0 saturated carbocycles. The average Bonchev–Trinajstić information content (AvgIpc) is 2.67. The molecule has 0 saturated heterocycles. The number of para-hydroxylation sites is 1. The van der Waals surface area contributed by atoms with Gasteiger partial charge in [-0.1, -0.05) is 59.7 Å². The van der Waals surface area contributed by atoms with Crippen molar-refractivity contribution in [3.8, 4) is 0 Å². The minimum absolute atomic E-state index is 0.00419. The molecule has 0 spiro atoms. The van der Waals surface area contributed by atoms with E-state index < -0.39 is 0 Å². The lowest BCUT2D eigenvalue weighted by atomic mass is 9.85. The van der Waals surface area contributed by atoms with E-state index in [9.17, 15) is 0 Å². The lowest BCUT2D eigenvalue weighted by Gasteiger charge is -2.25. The van der Waals surface area contributed by atoms with Gasteiger partial charge in [0.2, 0.25) is 0 Å². The lowest BCUT2D eigenvalue weighted by molar-refractivity contribution is 0.289. The number of fused-ring (bicyclic) bond motifs is 1. The van der Waals surface area contributed by atoms with Crippen LogP contribution in [0, 0.1) is 5.41 Å². The Morgan fingerprint density at radius 2 is 1.68 bits per heavy atom. The van der Waals surface area contributed by atoms with Crippen molar-refractivity contribution in [1.29, 1.82) is 0 Å². The molecule has 104 valence electrons. The van der Waals surface area contributed by atoms with Gasteiger partial charge in [-0.15, -0.1) is 0 Å². The van der Waals surface area contributed by atoms with Crippen molar-refractivity contribution in [1.82, 2.24) is 0 Å². The van der Waals surface area contributed by atoms with Gasteiger partial charge in [-0.3, -0.25) is 0 Å². The van der Waals surface area contributed by atoms with Crippen LogP contribution in [0.4, 0.5) is 0 Å². The van der Waals surface area contributed by atoms with Crippen LogP contribution in [0.2, 0.25) is 0 Å². The first kappa shape index (κ1) is 14.1. The highest BCUT2D eigenvalue weighted by molar-refractivity contribution is 5.82. The third kappa shape index (κ3) is 2.69. The van der Waals surface area contributed by atoms with Gasteiger partial charge >= 0.3 is 0 Å². The summed E-state index contributed by atoms with van der Waals surface area (Å²) in [6.45, 7) is 13.0. The number of nitrogens with two attached hydrogens (primary N) is 1. The van der Waals surface area contributed by atoms with Crippen LogP contribution in [-0.2, 0) is 5.41 Å². The Kier molecular flexibility index (Phi) is 3.26. The molecule has 0 fully saturated rings. The molecule has 0 aliphatic carbocycles. The second-order valence-electron chi connectivity index (χ2n) is 7.47. The maximum atomic E-state index is 6.30. The van der Waals surface area contributed by atoms with Gasteiger partial charge in [0.15, 0.2) is 0 Å². The van der Waals surface area contributed by atoms with Crippen molar-refractivity contribution in [2.45, 2.75) is 53.0 Å². The SMILES string of the molecule is CC(C)(C)c1cccc2cc(C(N)C(C)(C)C)oc12. The summed E-state index contributed by atoms with van der Waals surface area (Å²) in [6.07, 6.45) is 0. The minimum atomic E-state index is -0.0901. The first-order valence-electron chi connectivity index (χ1n) is 6.89. The summed E-state index contributed by atoms with van der Waals surface area (Å²) in [6, 6.07) is 8.31. The second kappa shape index (κ2) is 4.38. The molecule has 2 N–H and O–H groups in total. The van der Waals surface area contributed by atoms with E-state index in [1.165, 1.54) is 5.56 Å². The number of rotatable bonds is 1.